The topological polar surface area (TPSA) is 126 Å². The number of benzene rings is 1. The highest BCUT2D eigenvalue weighted by atomic mass is 16.1. The lowest BCUT2D eigenvalue weighted by Gasteiger charge is -2.05. The van der Waals surface area contributed by atoms with Gasteiger partial charge in [-0.3, -0.25) is 4.79 Å². The lowest BCUT2D eigenvalue weighted by Crippen LogP contribution is -2.14. The quantitative estimate of drug-likeness (QED) is 0.587. The van der Waals surface area contributed by atoms with Crippen molar-refractivity contribution in [2.75, 3.05) is 11.5 Å². The first-order valence-corrected chi connectivity index (χ1v) is 4.47. The Morgan fingerprint density at radius 3 is 2.50 bits per heavy atom. The highest BCUT2D eigenvalue weighted by Crippen LogP contribution is 2.19. The first-order valence-electron chi connectivity index (χ1n) is 4.47. The number of aromatic nitrogens is 3. The molecule has 0 atom stereocenters. The maximum Gasteiger partial charge on any atom is 0.273 e. The molecule has 2 aromatic rings. The molecule has 0 bridgehead atoms. The second kappa shape index (κ2) is 3.54. The van der Waals surface area contributed by atoms with Crippen LogP contribution in [-0.4, -0.2) is 20.9 Å². The zero-order valence-electron chi connectivity index (χ0n) is 8.29. The molecule has 0 aliphatic rings. The highest BCUT2D eigenvalue weighted by Gasteiger charge is 2.16. The van der Waals surface area contributed by atoms with Gasteiger partial charge in [0.05, 0.1) is 11.4 Å². The summed E-state index contributed by atoms with van der Waals surface area (Å²) in [6.45, 7) is 0. The third kappa shape index (κ3) is 1.44. The summed E-state index contributed by atoms with van der Waals surface area (Å²) in [7, 11) is 0. The zero-order valence-corrected chi connectivity index (χ0v) is 8.29. The second-order valence-electron chi connectivity index (χ2n) is 3.16. The molecule has 6 N–H and O–H groups in total. The second-order valence-corrected chi connectivity index (χ2v) is 3.16. The van der Waals surface area contributed by atoms with E-state index in [1.807, 2.05) is 0 Å². The van der Waals surface area contributed by atoms with E-state index in [9.17, 15) is 4.79 Å². The third-order valence-electron chi connectivity index (χ3n) is 2.10. The first-order chi connectivity index (χ1) is 7.61. The summed E-state index contributed by atoms with van der Waals surface area (Å²) >= 11 is 0. The van der Waals surface area contributed by atoms with E-state index in [1.54, 1.807) is 24.3 Å². The van der Waals surface area contributed by atoms with Crippen LogP contribution in [0.3, 0.4) is 0 Å². The normalized spacial score (nSPS) is 10.2. The number of nitrogens with zero attached hydrogens (tertiary/aromatic N) is 3. The molecule has 1 aromatic heterocycles. The number of hydrogen-bond donors (Lipinski definition) is 3. The Morgan fingerprint density at radius 2 is 1.94 bits per heavy atom. The molecule has 0 saturated carbocycles. The average molecular weight is 218 g/mol. The molecule has 0 spiro atoms. The number of anilines is 2. The Balaban J connectivity index is 2.58. The van der Waals surface area contributed by atoms with E-state index in [4.69, 9.17) is 17.2 Å². The van der Waals surface area contributed by atoms with Gasteiger partial charge in [-0.25, -0.2) is 0 Å². The smallest absolute Gasteiger partial charge is 0.273 e. The molecule has 1 aromatic carbocycles. The number of nitrogen functional groups attached to an aromatic ring is 2. The van der Waals surface area contributed by atoms with E-state index >= 15 is 0 Å². The lowest BCUT2D eigenvalue weighted by molar-refractivity contribution is 0.0996. The van der Waals surface area contributed by atoms with Gasteiger partial charge in [-0.1, -0.05) is 17.3 Å². The van der Waals surface area contributed by atoms with Gasteiger partial charge in [0.15, 0.2) is 11.5 Å². The fourth-order valence-corrected chi connectivity index (χ4v) is 1.32. The van der Waals surface area contributed by atoms with Crippen LogP contribution >= 0.6 is 0 Å². The van der Waals surface area contributed by atoms with Crippen LogP contribution in [0.4, 0.5) is 11.5 Å². The van der Waals surface area contributed by atoms with Crippen molar-refractivity contribution >= 4 is 17.4 Å². The van der Waals surface area contributed by atoms with Gasteiger partial charge in [-0.15, -0.1) is 5.10 Å². The summed E-state index contributed by atoms with van der Waals surface area (Å²) in [5.41, 5.74) is 17.5. The van der Waals surface area contributed by atoms with E-state index in [2.05, 4.69) is 10.3 Å². The fraction of sp³-hybridized carbons (Fsp3) is 0. The summed E-state index contributed by atoms with van der Waals surface area (Å²) in [4.78, 5) is 10.9. The number of hydrogen-bond acceptors (Lipinski definition) is 5. The van der Waals surface area contributed by atoms with Crippen molar-refractivity contribution in [2.24, 2.45) is 5.73 Å². The SMILES string of the molecule is NC(=O)c1nnn(-c2ccccc2N)c1N. The van der Waals surface area contributed by atoms with Crippen molar-refractivity contribution in [3.63, 3.8) is 0 Å². The van der Waals surface area contributed by atoms with Crippen molar-refractivity contribution < 1.29 is 4.79 Å². The predicted octanol–water partition coefficient (Wildman–Crippen LogP) is -0.469. The predicted molar refractivity (Wildman–Crippen MR) is 58.7 cm³/mol. The monoisotopic (exact) mass is 218 g/mol. The molecule has 7 nitrogen and oxygen atoms in total. The molecule has 1 amide bonds. The largest absolute Gasteiger partial charge is 0.397 e. The Labute approximate surface area is 90.8 Å². The van der Waals surface area contributed by atoms with Crippen molar-refractivity contribution in [1.29, 1.82) is 0 Å². The van der Waals surface area contributed by atoms with E-state index in [1.165, 1.54) is 4.68 Å². The van der Waals surface area contributed by atoms with E-state index < -0.39 is 5.91 Å². The summed E-state index contributed by atoms with van der Waals surface area (Å²) in [5.74, 6) is -0.649. The van der Waals surface area contributed by atoms with Crippen molar-refractivity contribution in [1.82, 2.24) is 15.0 Å². The molecular weight excluding hydrogens is 208 g/mol. The van der Waals surface area contributed by atoms with Gasteiger partial charge in [0.1, 0.15) is 0 Å². The molecule has 16 heavy (non-hydrogen) atoms. The molecule has 0 unspecified atom stereocenters. The van der Waals surface area contributed by atoms with Crippen LogP contribution in [0.15, 0.2) is 24.3 Å². The third-order valence-corrected chi connectivity index (χ3v) is 2.10. The molecule has 0 saturated heterocycles. The molecular formula is C9H10N6O. The summed E-state index contributed by atoms with van der Waals surface area (Å²) in [6, 6.07) is 6.96. The Bertz CT molecular complexity index is 547. The van der Waals surface area contributed by atoms with Crippen molar-refractivity contribution in [3.8, 4) is 5.69 Å². The maximum absolute atomic E-state index is 10.9. The minimum Gasteiger partial charge on any atom is -0.397 e. The molecule has 7 heteroatoms. The molecule has 82 valence electrons. The standard InChI is InChI=1S/C9H10N6O/c10-5-3-1-2-4-6(5)15-8(11)7(9(12)16)13-14-15/h1-4H,10-11H2,(H2,12,16). The fourth-order valence-electron chi connectivity index (χ4n) is 1.32. The van der Waals surface area contributed by atoms with Crippen LogP contribution in [-0.2, 0) is 0 Å². The minimum absolute atomic E-state index is 0.0664. The number of nitrogens with two attached hydrogens (primary N) is 3. The Hall–Kier alpha value is -2.57. The van der Waals surface area contributed by atoms with Crippen molar-refractivity contribution in [2.45, 2.75) is 0 Å². The number of rotatable bonds is 2. The lowest BCUT2D eigenvalue weighted by atomic mass is 10.2. The summed E-state index contributed by atoms with van der Waals surface area (Å²) in [6.07, 6.45) is 0. The summed E-state index contributed by atoms with van der Waals surface area (Å²) in [5, 5.41) is 7.32. The van der Waals surface area contributed by atoms with Crippen LogP contribution in [0.1, 0.15) is 10.5 Å². The molecule has 1 heterocycles. The number of amides is 1. The average Bonchev–Trinajstić information content (AvgIpc) is 2.61. The van der Waals surface area contributed by atoms with Gasteiger partial charge >= 0.3 is 0 Å². The number of para-hydroxylation sites is 2. The van der Waals surface area contributed by atoms with Crippen LogP contribution in [0, 0.1) is 0 Å². The minimum atomic E-state index is -0.724. The van der Waals surface area contributed by atoms with E-state index in [0.29, 0.717) is 11.4 Å². The Kier molecular flexibility index (Phi) is 2.20. The van der Waals surface area contributed by atoms with Gasteiger partial charge in [0, 0.05) is 0 Å². The van der Waals surface area contributed by atoms with E-state index in [-0.39, 0.29) is 11.5 Å². The van der Waals surface area contributed by atoms with Gasteiger partial charge in [0.2, 0.25) is 0 Å². The van der Waals surface area contributed by atoms with Crippen molar-refractivity contribution in [3.05, 3.63) is 30.0 Å². The number of carbonyl (C=O) groups is 1. The zero-order chi connectivity index (χ0) is 11.7. The number of primary amides is 1. The Morgan fingerprint density at radius 1 is 1.25 bits per heavy atom. The van der Waals surface area contributed by atoms with Gasteiger partial charge in [0.25, 0.3) is 5.91 Å². The molecule has 0 radical (unpaired) electrons. The number of carbonyl (C=O) groups excluding carboxylic acids is 1. The molecule has 0 aliphatic carbocycles. The van der Waals surface area contributed by atoms with E-state index in [0.717, 1.165) is 0 Å². The summed E-state index contributed by atoms with van der Waals surface area (Å²) < 4.78 is 1.27. The molecule has 0 aliphatic heterocycles. The first kappa shape index (κ1) is 9.97. The molecule has 0 fully saturated rings. The maximum atomic E-state index is 10.9. The van der Waals surface area contributed by atoms with Gasteiger partial charge < -0.3 is 17.2 Å². The van der Waals surface area contributed by atoms with Gasteiger partial charge in [-0.05, 0) is 12.1 Å². The van der Waals surface area contributed by atoms with Crippen LogP contribution in [0.2, 0.25) is 0 Å². The highest BCUT2D eigenvalue weighted by molar-refractivity contribution is 5.95. The van der Waals surface area contributed by atoms with Gasteiger partial charge in [-0.2, -0.15) is 4.68 Å². The van der Waals surface area contributed by atoms with Crippen LogP contribution in [0.25, 0.3) is 5.69 Å². The van der Waals surface area contributed by atoms with Crippen LogP contribution < -0.4 is 17.2 Å². The van der Waals surface area contributed by atoms with Crippen LogP contribution in [0.5, 0.6) is 0 Å². The molecule has 2 rings (SSSR count).